The minimum absolute atomic E-state index is 0.0548. The van der Waals surface area contributed by atoms with Crippen LogP contribution in [0, 0.1) is 5.92 Å². The van der Waals surface area contributed by atoms with Crippen molar-refractivity contribution in [2.45, 2.75) is 39.2 Å². The van der Waals surface area contributed by atoms with Gasteiger partial charge in [-0.25, -0.2) is 9.67 Å². The molecule has 246 valence electrons. The molecule has 0 bridgehead atoms. The maximum atomic E-state index is 12.9. The second-order valence-corrected chi connectivity index (χ2v) is 12.2. The van der Waals surface area contributed by atoms with Crippen molar-refractivity contribution in [2.75, 3.05) is 32.1 Å². The van der Waals surface area contributed by atoms with Gasteiger partial charge in [0.25, 0.3) is 11.5 Å². The van der Waals surface area contributed by atoms with Gasteiger partial charge in [0.15, 0.2) is 0 Å². The fraction of sp³-hybridized carbons (Fsp3) is 0.343. The number of aromatic nitrogens is 3. The number of methoxy groups -OCH3 is 1. The first-order chi connectivity index (χ1) is 22.7. The number of unbranched alkanes of at least 4 members (excludes halogenated alkanes) is 1. The lowest BCUT2D eigenvalue weighted by atomic mass is 9.96. The first kappa shape index (κ1) is 34.1. The molecule has 1 amide bonds. The Morgan fingerprint density at radius 1 is 0.979 bits per heavy atom. The number of carbonyl (C=O) groups is 2. The summed E-state index contributed by atoms with van der Waals surface area (Å²) in [6.45, 7) is 4.77. The number of amides is 1. The average molecular weight is 679 g/mol. The van der Waals surface area contributed by atoms with Crippen molar-refractivity contribution in [2.24, 2.45) is 13.0 Å². The van der Waals surface area contributed by atoms with Crippen LogP contribution in [0.5, 0.6) is 5.88 Å². The number of likely N-dealkylation sites (tertiary alicyclic amines) is 1. The largest absolute Gasteiger partial charge is 0.481 e. The Hall–Kier alpha value is -4.25. The number of nitrogens with one attached hydrogen (secondary N) is 1. The average Bonchev–Trinajstić information content (AvgIpc) is 3.08. The lowest BCUT2D eigenvalue weighted by molar-refractivity contribution is -0.150. The molecule has 0 radical (unpaired) electrons. The summed E-state index contributed by atoms with van der Waals surface area (Å²) in [6.07, 6.45) is 4.79. The van der Waals surface area contributed by atoms with Crippen LogP contribution in [0.25, 0.3) is 22.4 Å². The van der Waals surface area contributed by atoms with Crippen molar-refractivity contribution in [1.82, 2.24) is 19.7 Å². The first-order valence-electron chi connectivity index (χ1n) is 15.6. The summed E-state index contributed by atoms with van der Waals surface area (Å²) in [5.41, 5.74) is 3.23. The van der Waals surface area contributed by atoms with E-state index in [9.17, 15) is 14.4 Å². The van der Waals surface area contributed by atoms with Crippen LogP contribution in [0.1, 0.15) is 48.5 Å². The van der Waals surface area contributed by atoms with E-state index in [1.807, 2.05) is 30.3 Å². The third-order valence-corrected chi connectivity index (χ3v) is 9.07. The molecular formula is C35H37Cl2N5O5. The highest BCUT2D eigenvalue weighted by Gasteiger charge is 2.27. The standard InChI is InChI=1S/C35H37Cl2N5O5/c1-4-5-20-47-35(45)22-15-18-42(19-16-22)21-23-12-13-28(40-33(23)46-3)26-10-6-8-24(30(26)36)25-9-7-11-29(31(25)37)39-32(43)27-14-17-38-41(2)34(27)44/h6-14,17,22H,4-5,15-16,18-21H2,1-3H3,(H,39,43). The van der Waals surface area contributed by atoms with Crippen LogP contribution in [0.2, 0.25) is 10.0 Å². The van der Waals surface area contributed by atoms with Crippen LogP contribution >= 0.6 is 23.2 Å². The number of benzene rings is 2. The summed E-state index contributed by atoms with van der Waals surface area (Å²) in [6, 6.07) is 16.0. The number of piperidine rings is 1. The normalized spacial score (nSPS) is 13.7. The van der Waals surface area contributed by atoms with Crippen molar-refractivity contribution >= 4 is 40.8 Å². The number of anilines is 1. The van der Waals surface area contributed by atoms with Gasteiger partial charge >= 0.3 is 5.97 Å². The summed E-state index contributed by atoms with van der Waals surface area (Å²) in [5, 5.41) is 7.28. The summed E-state index contributed by atoms with van der Waals surface area (Å²) in [7, 11) is 3.06. The van der Waals surface area contributed by atoms with Crippen LogP contribution in [0.15, 0.2) is 65.6 Å². The van der Waals surface area contributed by atoms with Gasteiger partial charge in [-0.15, -0.1) is 0 Å². The van der Waals surface area contributed by atoms with E-state index < -0.39 is 11.5 Å². The molecule has 0 spiro atoms. The minimum Gasteiger partial charge on any atom is -0.481 e. The molecule has 1 saturated heterocycles. The Kier molecular flexibility index (Phi) is 11.3. The van der Waals surface area contributed by atoms with Gasteiger partial charge in [0.2, 0.25) is 5.88 Å². The second kappa shape index (κ2) is 15.6. The number of hydrogen-bond acceptors (Lipinski definition) is 8. The van der Waals surface area contributed by atoms with E-state index in [2.05, 4.69) is 22.2 Å². The molecule has 2 aromatic carbocycles. The number of aryl methyl sites for hydroxylation is 1. The highest BCUT2D eigenvalue weighted by atomic mass is 35.5. The predicted molar refractivity (Wildman–Crippen MR) is 183 cm³/mol. The maximum Gasteiger partial charge on any atom is 0.309 e. The third kappa shape index (κ3) is 7.84. The number of nitrogens with zero attached hydrogens (tertiary/aromatic N) is 4. The van der Waals surface area contributed by atoms with Gasteiger partial charge in [0.1, 0.15) is 5.56 Å². The van der Waals surface area contributed by atoms with Gasteiger partial charge in [-0.05, 0) is 50.6 Å². The molecule has 1 aliphatic heterocycles. The van der Waals surface area contributed by atoms with Gasteiger partial charge in [0.05, 0.1) is 41.1 Å². The first-order valence-corrected chi connectivity index (χ1v) is 16.3. The molecule has 1 aliphatic rings. The lowest BCUT2D eigenvalue weighted by Crippen LogP contribution is -2.36. The molecule has 0 saturated carbocycles. The van der Waals surface area contributed by atoms with Crippen molar-refractivity contribution in [1.29, 1.82) is 0 Å². The van der Waals surface area contributed by atoms with Crippen LogP contribution in [0.3, 0.4) is 0 Å². The van der Waals surface area contributed by atoms with E-state index in [1.54, 1.807) is 25.3 Å². The Balaban J connectivity index is 1.32. The zero-order valence-corrected chi connectivity index (χ0v) is 28.1. The number of pyridine rings is 1. The lowest BCUT2D eigenvalue weighted by Gasteiger charge is -2.31. The van der Waals surface area contributed by atoms with Gasteiger partial charge in [0, 0.05) is 42.0 Å². The van der Waals surface area contributed by atoms with E-state index in [4.69, 9.17) is 37.7 Å². The van der Waals surface area contributed by atoms with E-state index in [0.29, 0.717) is 52.1 Å². The summed E-state index contributed by atoms with van der Waals surface area (Å²) in [4.78, 5) is 44.8. The molecule has 2 aromatic heterocycles. The Morgan fingerprint density at radius 3 is 2.40 bits per heavy atom. The fourth-order valence-electron chi connectivity index (χ4n) is 5.56. The zero-order valence-electron chi connectivity index (χ0n) is 26.6. The van der Waals surface area contributed by atoms with Crippen LogP contribution in [-0.4, -0.2) is 58.3 Å². The second-order valence-electron chi connectivity index (χ2n) is 11.4. The zero-order chi connectivity index (χ0) is 33.5. The Bertz CT molecular complexity index is 1820. The van der Waals surface area contributed by atoms with Crippen LogP contribution < -0.4 is 15.6 Å². The molecule has 0 aliphatic carbocycles. The molecule has 1 fully saturated rings. The molecule has 1 N–H and O–H groups in total. The van der Waals surface area contributed by atoms with E-state index in [1.165, 1.54) is 19.3 Å². The molecule has 47 heavy (non-hydrogen) atoms. The number of hydrogen-bond donors (Lipinski definition) is 1. The molecule has 4 aromatic rings. The highest BCUT2D eigenvalue weighted by Crippen LogP contribution is 2.41. The van der Waals surface area contributed by atoms with Crippen LogP contribution in [0.4, 0.5) is 5.69 Å². The number of carbonyl (C=O) groups excluding carboxylic acids is 2. The van der Waals surface area contributed by atoms with Crippen molar-refractivity contribution in [3.63, 3.8) is 0 Å². The van der Waals surface area contributed by atoms with Crippen molar-refractivity contribution in [3.05, 3.63) is 92.3 Å². The fourth-order valence-corrected chi connectivity index (χ4v) is 6.16. The number of halogens is 2. The number of esters is 1. The van der Waals surface area contributed by atoms with E-state index in [-0.39, 0.29) is 22.5 Å². The third-order valence-electron chi connectivity index (χ3n) is 8.25. The van der Waals surface area contributed by atoms with Crippen LogP contribution in [-0.2, 0) is 23.1 Å². The summed E-state index contributed by atoms with van der Waals surface area (Å²) < 4.78 is 12.2. The Morgan fingerprint density at radius 2 is 1.68 bits per heavy atom. The number of rotatable bonds is 11. The monoisotopic (exact) mass is 677 g/mol. The van der Waals surface area contributed by atoms with Gasteiger partial charge < -0.3 is 14.8 Å². The molecule has 0 atom stereocenters. The SMILES string of the molecule is CCCCOC(=O)C1CCN(Cc2ccc(-c3cccc(-c4cccc(NC(=O)c5ccnn(C)c5=O)c4Cl)c3Cl)nc2OC)CC1. The highest BCUT2D eigenvalue weighted by molar-refractivity contribution is 6.39. The van der Waals surface area contributed by atoms with Gasteiger partial charge in [-0.3, -0.25) is 19.3 Å². The quantitative estimate of drug-likeness (QED) is 0.139. The van der Waals surface area contributed by atoms with Crippen molar-refractivity contribution < 1.29 is 19.1 Å². The van der Waals surface area contributed by atoms with E-state index in [0.717, 1.165) is 49.0 Å². The molecule has 0 unspecified atom stereocenters. The maximum absolute atomic E-state index is 12.9. The van der Waals surface area contributed by atoms with E-state index >= 15 is 0 Å². The summed E-state index contributed by atoms with van der Waals surface area (Å²) >= 11 is 13.8. The van der Waals surface area contributed by atoms with Gasteiger partial charge in [-0.2, -0.15) is 5.10 Å². The minimum atomic E-state index is -0.599. The van der Waals surface area contributed by atoms with Crippen molar-refractivity contribution in [3.8, 4) is 28.3 Å². The molecule has 5 rings (SSSR count). The molecular weight excluding hydrogens is 641 g/mol. The smallest absolute Gasteiger partial charge is 0.309 e. The molecule has 12 heteroatoms. The van der Waals surface area contributed by atoms with Gasteiger partial charge in [-0.1, -0.05) is 72.9 Å². The topological polar surface area (TPSA) is 116 Å². The predicted octanol–water partition coefficient (Wildman–Crippen LogP) is 6.63. The summed E-state index contributed by atoms with van der Waals surface area (Å²) in [5.74, 6) is -0.246. The Labute approximate surface area is 283 Å². The number of ether oxygens (including phenoxy) is 2. The molecule has 10 nitrogen and oxygen atoms in total. The molecule has 3 heterocycles.